The zero-order chi connectivity index (χ0) is 26.2. The van der Waals surface area contributed by atoms with Crippen LogP contribution in [0.5, 0.6) is 11.5 Å². The second-order valence-corrected chi connectivity index (χ2v) is 8.27. The Morgan fingerprint density at radius 3 is 2.36 bits per heavy atom. The molecule has 1 aliphatic rings. The Hall–Kier alpha value is -3.98. The fourth-order valence-corrected chi connectivity index (χ4v) is 4.24. The molecular formula is C26H19ClF3NO5. The van der Waals surface area contributed by atoms with Gasteiger partial charge < -0.3 is 14.6 Å². The maximum atomic E-state index is 13.4. The minimum Gasteiger partial charge on any atom is -0.507 e. The summed E-state index contributed by atoms with van der Waals surface area (Å²) in [6.07, 6.45) is -4.68. The third kappa shape index (κ3) is 4.49. The monoisotopic (exact) mass is 517 g/mol. The van der Waals surface area contributed by atoms with Gasteiger partial charge in [-0.3, -0.25) is 14.5 Å². The van der Waals surface area contributed by atoms with Crippen LogP contribution < -0.4 is 14.4 Å². The molecular weight excluding hydrogens is 499 g/mol. The van der Waals surface area contributed by atoms with Crippen LogP contribution in [0.3, 0.4) is 0 Å². The summed E-state index contributed by atoms with van der Waals surface area (Å²) >= 11 is 6.09. The normalized spacial score (nSPS) is 17.4. The molecule has 3 aromatic carbocycles. The van der Waals surface area contributed by atoms with Crippen LogP contribution in [0.25, 0.3) is 5.76 Å². The average Bonchev–Trinajstić information content (AvgIpc) is 3.13. The van der Waals surface area contributed by atoms with Gasteiger partial charge in [-0.1, -0.05) is 29.8 Å². The second kappa shape index (κ2) is 9.58. The van der Waals surface area contributed by atoms with Gasteiger partial charge in [-0.05, 0) is 54.1 Å². The van der Waals surface area contributed by atoms with Crippen LogP contribution in [0.15, 0.2) is 72.3 Å². The zero-order valence-corrected chi connectivity index (χ0v) is 19.7. The minimum atomic E-state index is -4.68. The van der Waals surface area contributed by atoms with E-state index < -0.39 is 35.2 Å². The topological polar surface area (TPSA) is 76.1 Å². The number of hydrogen-bond acceptors (Lipinski definition) is 5. The van der Waals surface area contributed by atoms with Crippen molar-refractivity contribution < 1.29 is 37.3 Å². The summed E-state index contributed by atoms with van der Waals surface area (Å²) in [7, 11) is 2.76. The Bertz CT molecular complexity index is 1390. The number of anilines is 1. The highest BCUT2D eigenvalue weighted by Crippen LogP contribution is 2.45. The Kier molecular flexibility index (Phi) is 6.69. The highest BCUT2D eigenvalue weighted by atomic mass is 35.5. The van der Waals surface area contributed by atoms with Crippen LogP contribution in [0, 0.1) is 0 Å². The van der Waals surface area contributed by atoms with Crippen LogP contribution in [-0.4, -0.2) is 31.0 Å². The molecule has 1 N–H and O–H groups in total. The quantitative estimate of drug-likeness (QED) is 0.255. The van der Waals surface area contributed by atoms with Crippen molar-refractivity contribution in [2.75, 3.05) is 19.1 Å². The predicted octanol–water partition coefficient (Wildman–Crippen LogP) is 6.00. The van der Waals surface area contributed by atoms with E-state index in [9.17, 15) is 27.9 Å². The number of alkyl halides is 3. The van der Waals surface area contributed by atoms with Crippen molar-refractivity contribution in [3.63, 3.8) is 0 Å². The number of methoxy groups -OCH3 is 2. The minimum absolute atomic E-state index is 0.0416. The number of carbonyl (C=O) groups is 2. The number of benzene rings is 3. The summed E-state index contributed by atoms with van der Waals surface area (Å²) < 4.78 is 50.8. The van der Waals surface area contributed by atoms with Crippen LogP contribution in [0.1, 0.15) is 22.7 Å². The summed E-state index contributed by atoms with van der Waals surface area (Å²) in [5, 5.41) is 11.5. The summed E-state index contributed by atoms with van der Waals surface area (Å²) in [5.74, 6) is -2.23. The Morgan fingerprint density at radius 1 is 0.972 bits per heavy atom. The first-order chi connectivity index (χ1) is 17.1. The van der Waals surface area contributed by atoms with E-state index in [1.54, 1.807) is 18.2 Å². The molecule has 1 aliphatic heterocycles. The molecule has 1 heterocycles. The van der Waals surface area contributed by atoms with Crippen molar-refractivity contribution in [1.82, 2.24) is 0 Å². The molecule has 4 rings (SSSR count). The zero-order valence-electron chi connectivity index (χ0n) is 19.0. The van der Waals surface area contributed by atoms with E-state index >= 15 is 0 Å². The van der Waals surface area contributed by atoms with Gasteiger partial charge >= 0.3 is 6.18 Å². The van der Waals surface area contributed by atoms with Crippen LogP contribution in [0.4, 0.5) is 18.9 Å². The van der Waals surface area contributed by atoms with Crippen molar-refractivity contribution >= 4 is 34.7 Å². The average molecular weight is 518 g/mol. The molecule has 0 saturated carbocycles. The molecule has 1 saturated heterocycles. The molecule has 0 bridgehead atoms. The van der Waals surface area contributed by atoms with E-state index in [4.69, 9.17) is 21.1 Å². The van der Waals surface area contributed by atoms with Gasteiger partial charge in [0.25, 0.3) is 11.7 Å². The first kappa shape index (κ1) is 25.1. The van der Waals surface area contributed by atoms with Crippen molar-refractivity contribution in [3.05, 3.63) is 94.0 Å². The van der Waals surface area contributed by atoms with Crippen LogP contribution in [0.2, 0.25) is 5.02 Å². The smallest absolute Gasteiger partial charge is 0.416 e. The molecule has 0 radical (unpaired) electrons. The lowest BCUT2D eigenvalue weighted by atomic mass is 9.94. The number of carbonyl (C=O) groups excluding carboxylic acids is 2. The van der Waals surface area contributed by atoms with Gasteiger partial charge in [-0.2, -0.15) is 13.2 Å². The number of ketones is 1. The first-order valence-corrected chi connectivity index (χ1v) is 10.9. The molecule has 1 unspecified atom stereocenters. The number of aliphatic hydroxyl groups is 1. The number of halogens is 4. The standard InChI is InChI=1S/C26H19ClF3NO5/c1-35-18-8-3-5-14(11-18)22-21(23(32)19-13-16(27)9-10-20(19)36-2)24(33)25(34)31(22)17-7-4-6-15(12-17)26(28,29)30/h3-13,22,32H,1-2H3/b23-21+. The summed E-state index contributed by atoms with van der Waals surface area (Å²) in [6, 6.07) is 13.5. The Labute approximate surface area is 209 Å². The molecule has 186 valence electrons. The summed E-state index contributed by atoms with van der Waals surface area (Å²) in [5.41, 5.74) is -1.14. The number of hydrogen-bond donors (Lipinski definition) is 1. The third-order valence-corrected chi connectivity index (χ3v) is 5.96. The molecule has 36 heavy (non-hydrogen) atoms. The largest absolute Gasteiger partial charge is 0.507 e. The molecule has 1 atom stereocenters. The van der Waals surface area contributed by atoms with Crippen molar-refractivity contribution in [2.24, 2.45) is 0 Å². The fraction of sp³-hybridized carbons (Fsp3) is 0.154. The molecule has 6 nitrogen and oxygen atoms in total. The van der Waals surface area contributed by atoms with E-state index in [1.165, 1.54) is 44.6 Å². The Morgan fingerprint density at radius 2 is 1.69 bits per heavy atom. The van der Waals surface area contributed by atoms with E-state index in [2.05, 4.69) is 0 Å². The van der Waals surface area contributed by atoms with Crippen molar-refractivity contribution in [3.8, 4) is 11.5 Å². The summed E-state index contributed by atoms with van der Waals surface area (Å²) in [4.78, 5) is 27.4. The van der Waals surface area contributed by atoms with Gasteiger partial charge in [0, 0.05) is 10.7 Å². The van der Waals surface area contributed by atoms with E-state index in [1.807, 2.05) is 0 Å². The number of nitrogens with zero attached hydrogens (tertiary/aromatic N) is 1. The Balaban J connectivity index is 2.00. The second-order valence-electron chi connectivity index (χ2n) is 7.84. The lowest BCUT2D eigenvalue weighted by Gasteiger charge is -2.26. The first-order valence-electron chi connectivity index (χ1n) is 10.5. The number of amides is 1. The highest BCUT2D eigenvalue weighted by molar-refractivity contribution is 6.51. The number of Topliss-reactive ketones (excluding diaryl/α,β-unsaturated/α-hetero) is 1. The maximum absolute atomic E-state index is 13.4. The molecule has 0 aliphatic carbocycles. The van der Waals surface area contributed by atoms with Gasteiger partial charge in [-0.15, -0.1) is 0 Å². The van der Waals surface area contributed by atoms with E-state index in [-0.39, 0.29) is 27.6 Å². The molecule has 1 amide bonds. The molecule has 10 heteroatoms. The van der Waals surface area contributed by atoms with Crippen LogP contribution in [-0.2, 0) is 15.8 Å². The molecule has 1 fully saturated rings. The van der Waals surface area contributed by atoms with Crippen molar-refractivity contribution in [1.29, 1.82) is 0 Å². The lowest BCUT2D eigenvalue weighted by Crippen LogP contribution is -2.29. The van der Waals surface area contributed by atoms with E-state index in [0.717, 1.165) is 23.1 Å². The van der Waals surface area contributed by atoms with Gasteiger partial charge in [0.1, 0.15) is 17.3 Å². The highest BCUT2D eigenvalue weighted by Gasteiger charge is 2.47. The number of aliphatic hydroxyl groups excluding tert-OH is 1. The lowest BCUT2D eigenvalue weighted by molar-refractivity contribution is -0.137. The van der Waals surface area contributed by atoms with E-state index in [0.29, 0.717) is 11.3 Å². The fourth-order valence-electron chi connectivity index (χ4n) is 4.07. The maximum Gasteiger partial charge on any atom is 0.416 e. The molecule has 0 aromatic heterocycles. The third-order valence-electron chi connectivity index (χ3n) is 5.72. The van der Waals surface area contributed by atoms with Gasteiger partial charge in [-0.25, -0.2) is 0 Å². The number of rotatable bonds is 5. The van der Waals surface area contributed by atoms with Gasteiger partial charge in [0.2, 0.25) is 0 Å². The molecule has 3 aromatic rings. The number of ether oxygens (including phenoxy) is 2. The summed E-state index contributed by atoms with van der Waals surface area (Å²) in [6.45, 7) is 0. The van der Waals surface area contributed by atoms with Crippen LogP contribution >= 0.6 is 11.6 Å². The van der Waals surface area contributed by atoms with Crippen molar-refractivity contribution in [2.45, 2.75) is 12.2 Å². The van der Waals surface area contributed by atoms with Gasteiger partial charge in [0.05, 0.1) is 37.0 Å². The molecule has 0 spiro atoms. The SMILES string of the molecule is COc1cccc(C2/C(=C(\O)c3cc(Cl)ccc3OC)C(=O)C(=O)N2c2cccc(C(F)(F)F)c2)c1. The van der Waals surface area contributed by atoms with Gasteiger partial charge in [0.15, 0.2) is 0 Å². The predicted molar refractivity (Wildman–Crippen MR) is 127 cm³/mol.